The molecule has 1 N–H and O–H groups in total. The summed E-state index contributed by atoms with van der Waals surface area (Å²) in [6, 6.07) is 6.51. The van der Waals surface area contributed by atoms with E-state index in [0.717, 1.165) is 36.8 Å². The third kappa shape index (κ3) is 4.21. The highest BCUT2D eigenvalue weighted by atomic mass is 32.1. The first kappa shape index (κ1) is 16.7. The Hall–Kier alpha value is -2.19. The number of aromatic nitrogens is 2. The van der Waals surface area contributed by atoms with Gasteiger partial charge in [0.25, 0.3) is 11.1 Å². The van der Waals surface area contributed by atoms with Gasteiger partial charge in [0.2, 0.25) is 5.91 Å². The minimum absolute atomic E-state index is 0.125. The number of amides is 1. The van der Waals surface area contributed by atoms with Crippen molar-refractivity contribution in [1.29, 1.82) is 0 Å². The van der Waals surface area contributed by atoms with Crippen molar-refractivity contribution in [2.24, 2.45) is 0 Å². The van der Waals surface area contributed by atoms with E-state index < -0.39 is 0 Å². The van der Waals surface area contributed by atoms with Gasteiger partial charge in [0.05, 0.1) is 0 Å². The molecule has 0 aliphatic carbocycles. The normalized spacial score (nSPS) is 16.1. The lowest BCUT2D eigenvalue weighted by Crippen LogP contribution is -2.40. The van der Waals surface area contributed by atoms with E-state index in [2.05, 4.69) is 21.4 Å². The summed E-state index contributed by atoms with van der Waals surface area (Å²) in [6.45, 7) is 3.85. The Morgan fingerprint density at radius 3 is 2.79 bits per heavy atom. The smallest absolute Gasteiger partial charge is 0.265 e. The van der Waals surface area contributed by atoms with Crippen LogP contribution in [0.5, 0.6) is 0 Å². The fourth-order valence-electron chi connectivity index (χ4n) is 2.82. The molecule has 0 unspecified atom stereocenters. The topological polar surface area (TPSA) is 78.4 Å². The third-order valence-corrected chi connectivity index (χ3v) is 4.94. The maximum absolute atomic E-state index is 12.4. The van der Waals surface area contributed by atoms with E-state index in [1.807, 2.05) is 6.07 Å². The molecule has 2 aromatic heterocycles. The molecular formula is C16H20N4O3S. The maximum Gasteiger partial charge on any atom is 0.265 e. The van der Waals surface area contributed by atoms with Crippen molar-refractivity contribution in [3.8, 4) is 0 Å². The van der Waals surface area contributed by atoms with Crippen LogP contribution in [0.2, 0.25) is 0 Å². The van der Waals surface area contributed by atoms with Crippen molar-refractivity contribution in [3.63, 3.8) is 0 Å². The fourth-order valence-corrected chi connectivity index (χ4v) is 3.56. The number of hydrogen-bond donors (Lipinski definition) is 1. The molecule has 2 aromatic rings. The van der Waals surface area contributed by atoms with Gasteiger partial charge in [-0.15, -0.1) is 11.3 Å². The number of hydrogen-bond acceptors (Lipinski definition) is 5. The van der Waals surface area contributed by atoms with E-state index in [1.54, 1.807) is 16.2 Å². The zero-order valence-electron chi connectivity index (χ0n) is 13.3. The molecule has 0 spiro atoms. The molecule has 1 amide bonds. The van der Waals surface area contributed by atoms with Crippen molar-refractivity contribution in [1.82, 2.24) is 19.6 Å². The summed E-state index contributed by atoms with van der Waals surface area (Å²) < 4.78 is 1.07. The van der Waals surface area contributed by atoms with Gasteiger partial charge in [0, 0.05) is 49.7 Å². The maximum atomic E-state index is 12.4. The van der Waals surface area contributed by atoms with E-state index in [1.165, 1.54) is 10.9 Å². The molecule has 0 radical (unpaired) electrons. The van der Waals surface area contributed by atoms with Crippen LogP contribution in [0.3, 0.4) is 0 Å². The number of thiophene rings is 1. The average molecular weight is 348 g/mol. The minimum atomic E-state index is -0.389. The van der Waals surface area contributed by atoms with Crippen molar-refractivity contribution < 1.29 is 4.79 Å². The number of rotatable bonds is 4. The molecule has 0 bridgehead atoms. The second kappa shape index (κ2) is 7.59. The number of H-pyrrole nitrogens is 1. The first-order valence-electron chi connectivity index (χ1n) is 7.94. The highest BCUT2D eigenvalue weighted by Crippen LogP contribution is 2.13. The average Bonchev–Trinajstić information content (AvgIpc) is 2.95. The molecule has 24 heavy (non-hydrogen) atoms. The van der Waals surface area contributed by atoms with Crippen LogP contribution >= 0.6 is 11.3 Å². The van der Waals surface area contributed by atoms with Crippen LogP contribution < -0.4 is 11.1 Å². The van der Waals surface area contributed by atoms with E-state index in [9.17, 15) is 14.4 Å². The Kier molecular flexibility index (Phi) is 5.27. The number of aromatic amines is 1. The van der Waals surface area contributed by atoms with E-state index >= 15 is 0 Å². The highest BCUT2D eigenvalue weighted by Gasteiger charge is 2.20. The second-order valence-electron chi connectivity index (χ2n) is 5.82. The highest BCUT2D eigenvalue weighted by molar-refractivity contribution is 7.09. The van der Waals surface area contributed by atoms with Gasteiger partial charge in [-0.25, -0.2) is 4.68 Å². The molecule has 128 valence electrons. The Bertz CT molecular complexity index is 796. The summed E-state index contributed by atoms with van der Waals surface area (Å²) in [4.78, 5) is 40.9. The van der Waals surface area contributed by atoms with Crippen LogP contribution in [-0.4, -0.2) is 51.7 Å². The monoisotopic (exact) mass is 348 g/mol. The molecule has 1 saturated heterocycles. The van der Waals surface area contributed by atoms with Gasteiger partial charge in [0.1, 0.15) is 6.54 Å². The summed E-state index contributed by atoms with van der Waals surface area (Å²) in [6.07, 6.45) is 0.900. The second-order valence-corrected chi connectivity index (χ2v) is 6.86. The lowest BCUT2D eigenvalue weighted by molar-refractivity contribution is -0.132. The van der Waals surface area contributed by atoms with Gasteiger partial charge >= 0.3 is 0 Å². The van der Waals surface area contributed by atoms with E-state index in [0.29, 0.717) is 13.1 Å². The van der Waals surface area contributed by atoms with Crippen LogP contribution in [0, 0.1) is 0 Å². The molecule has 7 nitrogen and oxygen atoms in total. The standard InChI is InChI=1S/C16H20N4O3S/c21-14-4-5-15(22)20(17-14)12-16(23)19-7-2-6-18(8-9-19)11-13-3-1-10-24-13/h1,3-5,10H,2,6-9,11-12H2,(H,17,21). The number of carbonyl (C=O) groups is 1. The molecule has 0 saturated carbocycles. The Balaban J connectivity index is 1.59. The molecule has 1 aliphatic heterocycles. The van der Waals surface area contributed by atoms with Crippen molar-refractivity contribution in [2.75, 3.05) is 26.2 Å². The molecular weight excluding hydrogens is 328 g/mol. The van der Waals surface area contributed by atoms with Crippen molar-refractivity contribution in [2.45, 2.75) is 19.5 Å². The summed E-state index contributed by atoms with van der Waals surface area (Å²) in [5.74, 6) is -0.142. The van der Waals surface area contributed by atoms with Crippen molar-refractivity contribution >= 4 is 17.2 Å². The Morgan fingerprint density at radius 2 is 2.00 bits per heavy atom. The molecule has 0 aromatic carbocycles. The third-order valence-electron chi connectivity index (χ3n) is 4.08. The summed E-state index contributed by atoms with van der Waals surface area (Å²) in [7, 11) is 0. The lowest BCUT2D eigenvalue weighted by Gasteiger charge is -2.22. The minimum Gasteiger partial charge on any atom is -0.340 e. The van der Waals surface area contributed by atoms with Gasteiger partial charge in [-0.05, 0) is 17.9 Å². The Labute approximate surface area is 143 Å². The summed E-state index contributed by atoms with van der Waals surface area (Å²) in [5, 5.41) is 4.46. The number of nitrogens with one attached hydrogen (secondary N) is 1. The van der Waals surface area contributed by atoms with Gasteiger partial charge in [-0.2, -0.15) is 0 Å². The number of nitrogens with zero attached hydrogens (tertiary/aromatic N) is 3. The van der Waals surface area contributed by atoms with Crippen molar-refractivity contribution in [3.05, 3.63) is 55.2 Å². The van der Waals surface area contributed by atoms with Crippen LogP contribution in [0.25, 0.3) is 0 Å². The quantitative estimate of drug-likeness (QED) is 0.864. The lowest BCUT2D eigenvalue weighted by atomic mass is 10.3. The summed E-state index contributed by atoms with van der Waals surface area (Å²) >= 11 is 1.74. The van der Waals surface area contributed by atoms with Gasteiger partial charge in [-0.1, -0.05) is 6.07 Å². The van der Waals surface area contributed by atoms with Crippen LogP contribution in [0.15, 0.2) is 39.2 Å². The van der Waals surface area contributed by atoms with Gasteiger partial charge in [-0.3, -0.25) is 24.4 Å². The molecule has 3 rings (SSSR count). The van der Waals surface area contributed by atoms with Gasteiger partial charge in [0.15, 0.2) is 0 Å². The summed E-state index contributed by atoms with van der Waals surface area (Å²) in [5.41, 5.74) is -0.766. The zero-order chi connectivity index (χ0) is 16.9. The molecule has 1 aliphatic rings. The first-order chi connectivity index (χ1) is 11.6. The molecule has 1 fully saturated rings. The SMILES string of the molecule is O=C(Cn1[nH]c(=O)ccc1=O)N1CCCN(Cc2cccs2)CC1. The largest absolute Gasteiger partial charge is 0.340 e. The predicted molar refractivity (Wildman–Crippen MR) is 92.1 cm³/mol. The predicted octanol–water partition coefficient (Wildman–Crippen LogP) is 0.333. The Morgan fingerprint density at radius 1 is 1.12 bits per heavy atom. The zero-order valence-corrected chi connectivity index (χ0v) is 14.1. The van der Waals surface area contributed by atoms with Crippen LogP contribution in [-0.2, 0) is 17.9 Å². The van der Waals surface area contributed by atoms with Gasteiger partial charge < -0.3 is 4.90 Å². The number of carbonyl (C=O) groups excluding carboxylic acids is 1. The fraction of sp³-hybridized carbons (Fsp3) is 0.438. The van der Waals surface area contributed by atoms with E-state index in [4.69, 9.17) is 0 Å². The molecule has 0 atom stereocenters. The van der Waals surface area contributed by atoms with Crippen LogP contribution in [0.4, 0.5) is 0 Å². The molecule has 8 heteroatoms. The van der Waals surface area contributed by atoms with E-state index in [-0.39, 0.29) is 23.6 Å². The first-order valence-corrected chi connectivity index (χ1v) is 8.82. The molecule has 3 heterocycles. The van der Waals surface area contributed by atoms with Crippen LogP contribution in [0.1, 0.15) is 11.3 Å².